The zero-order valence-corrected chi connectivity index (χ0v) is 13.9. The number of nitrogens with one attached hydrogen (secondary N) is 1. The van der Waals surface area contributed by atoms with E-state index in [1.54, 1.807) is 0 Å². The second-order valence-electron chi connectivity index (χ2n) is 4.54. The molecular weight excluding hydrogens is 406 g/mol. The number of ether oxygens (including phenoxy) is 1. The zero-order valence-electron chi connectivity index (χ0n) is 11.7. The van der Waals surface area contributed by atoms with Crippen LogP contribution >= 0.6 is 22.6 Å². The molecule has 1 aliphatic heterocycles. The SMILES string of the molecule is COC(=O)C1=C(Nc2ccc(F)cc2I)C(=O)N(CCO)C1. The van der Waals surface area contributed by atoms with Crippen molar-refractivity contribution in [2.75, 3.05) is 32.1 Å². The van der Waals surface area contributed by atoms with Gasteiger partial charge in [-0.1, -0.05) is 0 Å². The fraction of sp³-hybridized carbons (Fsp3) is 0.286. The number of carbonyl (C=O) groups excluding carboxylic acids is 2. The molecule has 1 heterocycles. The molecule has 1 aromatic carbocycles. The average Bonchev–Trinajstić information content (AvgIpc) is 2.79. The monoisotopic (exact) mass is 420 g/mol. The van der Waals surface area contributed by atoms with Crippen molar-refractivity contribution in [1.29, 1.82) is 0 Å². The number of aliphatic hydroxyl groups is 1. The van der Waals surface area contributed by atoms with Crippen LogP contribution in [0, 0.1) is 9.39 Å². The van der Waals surface area contributed by atoms with E-state index in [1.807, 2.05) is 22.6 Å². The van der Waals surface area contributed by atoms with E-state index in [2.05, 4.69) is 10.1 Å². The van der Waals surface area contributed by atoms with Gasteiger partial charge in [-0.2, -0.15) is 0 Å². The molecule has 0 bridgehead atoms. The lowest BCUT2D eigenvalue weighted by atomic mass is 10.2. The van der Waals surface area contributed by atoms with Crippen molar-refractivity contribution in [2.24, 2.45) is 0 Å². The van der Waals surface area contributed by atoms with Crippen molar-refractivity contribution < 1.29 is 23.8 Å². The first-order chi connectivity index (χ1) is 10.5. The lowest BCUT2D eigenvalue weighted by Gasteiger charge is -2.15. The molecule has 0 atom stereocenters. The first-order valence-corrected chi connectivity index (χ1v) is 7.49. The van der Waals surface area contributed by atoms with Gasteiger partial charge >= 0.3 is 5.97 Å². The van der Waals surface area contributed by atoms with Crippen LogP contribution in [0.2, 0.25) is 0 Å². The van der Waals surface area contributed by atoms with E-state index < -0.39 is 17.7 Å². The zero-order chi connectivity index (χ0) is 16.3. The molecule has 0 radical (unpaired) electrons. The summed E-state index contributed by atoms with van der Waals surface area (Å²) >= 11 is 1.93. The van der Waals surface area contributed by atoms with Gasteiger partial charge in [-0.3, -0.25) is 4.79 Å². The molecule has 1 aliphatic rings. The molecule has 0 aromatic heterocycles. The molecule has 0 saturated carbocycles. The summed E-state index contributed by atoms with van der Waals surface area (Å²) in [6, 6.07) is 4.06. The largest absolute Gasteiger partial charge is 0.466 e. The highest BCUT2D eigenvalue weighted by atomic mass is 127. The molecule has 0 aliphatic carbocycles. The summed E-state index contributed by atoms with van der Waals surface area (Å²) in [5.41, 5.74) is 0.781. The molecule has 0 spiro atoms. The van der Waals surface area contributed by atoms with Gasteiger partial charge in [-0.05, 0) is 40.8 Å². The molecule has 8 heteroatoms. The maximum absolute atomic E-state index is 13.1. The summed E-state index contributed by atoms with van der Waals surface area (Å²) in [6.07, 6.45) is 0. The summed E-state index contributed by atoms with van der Waals surface area (Å²) in [4.78, 5) is 25.5. The first kappa shape index (κ1) is 16.7. The lowest BCUT2D eigenvalue weighted by Crippen LogP contribution is -2.31. The fourth-order valence-corrected chi connectivity index (χ4v) is 2.69. The van der Waals surface area contributed by atoms with E-state index >= 15 is 0 Å². The van der Waals surface area contributed by atoms with Crippen molar-refractivity contribution in [2.45, 2.75) is 0 Å². The Labute approximate surface area is 140 Å². The van der Waals surface area contributed by atoms with Gasteiger partial charge in [0.25, 0.3) is 5.91 Å². The van der Waals surface area contributed by atoms with Crippen LogP contribution in [0.5, 0.6) is 0 Å². The molecule has 6 nitrogen and oxygen atoms in total. The first-order valence-electron chi connectivity index (χ1n) is 6.41. The van der Waals surface area contributed by atoms with E-state index in [0.717, 1.165) is 0 Å². The van der Waals surface area contributed by atoms with Crippen LogP contribution in [-0.2, 0) is 14.3 Å². The topological polar surface area (TPSA) is 78.9 Å². The molecule has 118 valence electrons. The lowest BCUT2D eigenvalue weighted by molar-refractivity contribution is -0.136. The smallest absolute Gasteiger partial charge is 0.337 e. The molecule has 22 heavy (non-hydrogen) atoms. The Morgan fingerprint density at radius 3 is 2.86 bits per heavy atom. The van der Waals surface area contributed by atoms with E-state index in [1.165, 1.54) is 30.2 Å². The van der Waals surface area contributed by atoms with Gasteiger partial charge in [0, 0.05) is 10.1 Å². The molecule has 1 aromatic rings. The van der Waals surface area contributed by atoms with Crippen LogP contribution in [0.4, 0.5) is 10.1 Å². The van der Waals surface area contributed by atoms with Crippen molar-refractivity contribution in [1.82, 2.24) is 4.90 Å². The Kier molecular flexibility index (Phi) is 5.35. The minimum absolute atomic E-state index is 0.0617. The molecule has 0 saturated heterocycles. The highest BCUT2D eigenvalue weighted by molar-refractivity contribution is 14.1. The average molecular weight is 420 g/mol. The number of hydrogen-bond acceptors (Lipinski definition) is 5. The van der Waals surface area contributed by atoms with Gasteiger partial charge in [0.15, 0.2) is 0 Å². The van der Waals surface area contributed by atoms with Gasteiger partial charge in [0.1, 0.15) is 11.5 Å². The van der Waals surface area contributed by atoms with Gasteiger partial charge < -0.3 is 20.1 Å². The van der Waals surface area contributed by atoms with Crippen LogP contribution in [0.15, 0.2) is 29.5 Å². The fourth-order valence-electron chi connectivity index (χ4n) is 2.07. The van der Waals surface area contributed by atoms with E-state index in [0.29, 0.717) is 9.26 Å². The maximum atomic E-state index is 13.1. The molecule has 0 fully saturated rings. The normalized spacial score (nSPS) is 14.5. The summed E-state index contributed by atoms with van der Waals surface area (Å²) < 4.78 is 18.4. The number of nitrogens with zero attached hydrogens (tertiary/aromatic N) is 1. The molecule has 0 unspecified atom stereocenters. The van der Waals surface area contributed by atoms with Crippen LogP contribution in [-0.4, -0.2) is 48.7 Å². The number of esters is 1. The minimum atomic E-state index is -0.617. The Morgan fingerprint density at radius 1 is 1.55 bits per heavy atom. The number of amides is 1. The second kappa shape index (κ2) is 7.05. The Morgan fingerprint density at radius 2 is 2.27 bits per heavy atom. The molecule has 2 rings (SSSR count). The number of benzene rings is 1. The van der Waals surface area contributed by atoms with Gasteiger partial charge in [-0.15, -0.1) is 0 Å². The van der Waals surface area contributed by atoms with Crippen molar-refractivity contribution in [3.63, 3.8) is 0 Å². The summed E-state index contributed by atoms with van der Waals surface area (Å²) in [6.45, 7) is -0.0290. The highest BCUT2D eigenvalue weighted by Crippen LogP contribution is 2.26. The second-order valence-corrected chi connectivity index (χ2v) is 5.71. The molecular formula is C14H14FIN2O4. The molecule has 1 amide bonds. The van der Waals surface area contributed by atoms with E-state index in [-0.39, 0.29) is 31.0 Å². The third-order valence-corrected chi connectivity index (χ3v) is 4.04. The number of anilines is 1. The summed E-state index contributed by atoms with van der Waals surface area (Å²) in [5, 5.41) is 11.9. The van der Waals surface area contributed by atoms with Crippen LogP contribution in [0.25, 0.3) is 0 Å². The third-order valence-electron chi connectivity index (χ3n) is 3.14. The predicted octanol–water partition coefficient (Wildman–Crippen LogP) is 1.10. The summed E-state index contributed by atoms with van der Waals surface area (Å²) in [7, 11) is 1.23. The highest BCUT2D eigenvalue weighted by Gasteiger charge is 2.34. The molecule has 2 N–H and O–H groups in total. The Balaban J connectivity index is 2.34. The van der Waals surface area contributed by atoms with Gasteiger partial charge in [0.2, 0.25) is 0 Å². The minimum Gasteiger partial charge on any atom is -0.466 e. The number of methoxy groups -OCH3 is 1. The maximum Gasteiger partial charge on any atom is 0.337 e. The standard InChI is InChI=1S/C14H14FIN2O4/c1-22-14(21)9-7-18(4-5-19)13(20)12(9)17-11-3-2-8(15)6-10(11)16/h2-3,6,17,19H,4-5,7H2,1H3. The van der Waals surface area contributed by atoms with Crippen molar-refractivity contribution in [3.8, 4) is 0 Å². The van der Waals surface area contributed by atoms with E-state index in [9.17, 15) is 14.0 Å². The van der Waals surface area contributed by atoms with Crippen LogP contribution in [0.3, 0.4) is 0 Å². The number of halogens is 2. The summed E-state index contributed by atoms with van der Waals surface area (Å²) in [5.74, 6) is -1.42. The number of hydrogen-bond donors (Lipinski definition) is 2. The van der Waals surface area contributed by atoms with E-state index in [4.69, 9.17) is 5.11 Å². The number of rotatable bonds is 5. The Bertz CT molecular complexity index is 648. The predicted molar refractivity (Wildman–Crippen MR) is 85.4 cm³/mol. The van der Waals surface area contributed by atoms with Gasteiger partial charge in [0.05, 0.1) is 31.5 Å². The number of aliphatic hydroxyl groups excluding tert-OH is 1. The Hall–Kier alpha value is -1.68. The van der Waals surface area contributed by atoms with Crippen molar-refractivity contribution >= 4 is 40.2 Å². The van der Waals surface area contributed by atoms with Crippen LogP contribution in [0.1, 0.15) is 0 Å². The third kappa shape index (κ3) is 3.38. The van der Waals surface area contributed by atoms with Gasteiger partial charge in [-0.25, -0.2) is 9.18 Å². The number of β-amino-alcohol motifs (C(OH)–C–C–N with tert-alkyl or cyclic N) is 1. The quantitative estimate of drug-likeness (QED) is 0.551. The number of carbonyl (C=O) groups is 2. The van der Waals surface area contributed by atoms with Crippen LogP contribution < -0.4 is 5.32 Å². The van der Waals surface area contributed by atoms with Crippen molar-refractivity contribution in [3.05, 3.63) is 38.9 Å².